The Labute approximate surface area is 95.3 Å². The van der Waals surface area contributed by atoms with Crippen LogP contribution in [0.25, 0.3) is 10.8 Å². The number of fused-ring (bicyclic) bond motifs is 1. The van der Waals surface area contributed by atoms with Crippen LogP contribution in [-0.2, 0) is 11.2 Å². The van der Waals surface area contributed by atoms with Crippen LogP contribution in [0.4, 0.5) is 0 Å². The topological polar surface area (TPSA) is 29.1 Å². The van der Waals surface area contributed by atoms with Gasteiger partial charge in [0.05, 0.1) is 0 Å². The summed E-state index contributed by atoms with van der Waals surface area (Å²) in [4.78, 5) is 10.4. The maximum Gasteiger partial charge on any atom is 0.207 e. The molecule has 0 radical (unpaired) electrons. The average Bonchev–Trinajstić information content (AvgIpc) is 2.30. The summed E-state index contributed by atoms with van der Waals surface area (Å²) in [5.41, 5.74) is 1.28. The molecule has 2 aromatic carbocycles. The molecule has 0 spiro atoms. The zero-order valence-electron chi connectivity index (χ0n) is 9.31. The number of carbonyl (C=O) groups excluding carboxylic acids is 1. The van der Waals surface area contributed by atoms with E-state index in [1.807, 2.05) is 19.1 Å². The van der Waals surface area contributed by atoms with E-state index in [0.717, 1.165) is 12.8 Å². The fourth-order valence-corrected chi connectivity index (χ4v) is 1.98. The van der Waals surface area contributed by atoms with E-state index in [0.29, 0.717) is 0 Å². The molecule has 0 fully saturated rings. The second-order valence-electron chi connectivity index (χ2n) is 4.03. The summed E-state index contributed by atoms with van der Waals surface area (Å²) < 4.78 is 0. The number of hydrogen-bond acceptors (Lipinski definition) is 1. The van der Waals surface area contributed by atoms with Crippen LogP contribution in [0.1, 0.15) is 12.5 Å². The molecule has 0 saturated carbocycles. The second-order valence-corrected chi connectivity index (χ2v) is 4.03. The van der Waals surface area contributed by atoms with Crippen molar-refractivity contribution in [3.8, 4) is 0 Å². The van der Waals surface area contributed by atoms with Crippen LogP contribution in [0.5, 0.6) is 0 Å². The lowest BCUT2D eigenvalue weighted by molar-refractivity contribution is -0.110. The van der Waals surface area contributed by atoms with Crippen molar-refractivity contribution < 1.29 is 4.79 Å². The monoisotopic (exact) mass is 213 g/mol. The van der Waals surface area contributed by atoms with E-state index < -0.39 is 0 Å². The van der Waals surface area contributed by atoms with Crippen LogP contribution >= 0.6 is 0 Å². The fourth-order valence-electron chi connectivity index (χ4n) is 1.98. The van der Waals surface area contributed by atoms with Crippen molar-refractivity contribution in [1.82, 2.24) is 5.32 Å². The third kappa shape index (κ3) is 2.22. The van der Waals surface area contributed by atoms with Gasteiger partial charge in [-0.05, 0) is 29.7 Å². The molecule has 0 bridgehead atoms. The first kappa shape index (κ1) is 10.7. The van der Waals surface area contributed by atoms with Gasteiger partial charge in [0.1, 0.15) is 0 Å². The molecule has 1 atom stereocenters. The van der Waals surface area contributed by atoms with Crippen LogP contribution in [-0.4, -0.2) is 12.5 Å². The van der Waals surface area contributed by atoms with Gasteiger partial charge in [0.15, 0.2) is 0 Å². The van der Waals surface area contributed by atoms with E-state index in [1.54, 1.807) is 0 Å². The van der Waals surface area contributed by atoms with Gasteiger partial charge in [-0.3, -0.25) is 4.79 Å². The molecule has 16 heavy (non-hydrogen) atoms. The zero-order chi connectivity index (χ0) is 11.4. The van der Waals surface area contributed by atoms with E-state index in [4.69, 9.17) is 0 Å². The normalized spacial score (nSPS) is 12.3. The second kappa shape index (κ2) is 4.79. The number of carbonyl (C=O) groups is 1. The Morgan fingerprint density at radius 2 is 1.94 bits per heavy atom. The molecule has 0 saturated heterocycles. The Morgan fingerprint density at radius 3 is 2.75 bits per heavy atom. The number of rotatable bonds is 4. The first-order valence-electron chi connectivity index (χ1n) is 5.47. The lowest BCUT2D eigenvalue weighted by Gasteiger charge is -2.12. The summed E-state index contributed by atoms with van der Waals surface area (Å²) in [7, 11) is 0. The molecule has 1 N–H and O–H groups in total. The van der Waals surface area contributed by atoms with E-state index in [-0.39, 0.29) is 6.04 Å². The van der Waals surface area contributed by atoms with E-state index in [9.17, 15) is 4.79 Å². The molecule has 0 aliphatic carbocycles. The Hall–Kier alpha value is -1.83. The first-order chi connectivity index (χ1) is 7.81. The van der Waals surface area contributed by atoms with Gasteiger partial charge < -0.3 is 5.32 Å². The first-order valence-corrected chi connectivity index (χ1v) is 5.47. The van der Waals surface area contributed by atoms with Gasteiger partial charge in [-0.15, -0.1) is 0 Å². The van der Waals surface area contributed by atoms with Gasteiger partial charge in [-0.25, -0.2) is 0 Å². The highest BCUT2D eigenvalue weighted by molar-refractivity contribution is 5.85. The van der Waals surface area contributed by atoms with Gasteiger partial charge in [0.2, 0.25) is 6.41 Å². The fraction of sp³-hybridized carbons (Fsp3) is 0.214. The van der Waals surface area contributed by atoms with Crippen LogP contribution in [0.2, 0.25) is 0 Å². The molecule has 1 amide bonds. The summed E-state index contributed by atoms with van der Waals surface area (Å²) >= 11 is 0. The molecule has 0 aromatic heterocycles. The van der Waals surface area contributed by atoms with Crippen molar-refractivity contribution in [3.63, 3.8) is 0 Å². The van der Waals surface area contributed by atoms with Crippen molar-refractivity contribution in [2.45, 2.75) is 19.4 Å². The van der Waals surface area contributed by atoms with Crippen molar-refractivity contribution in [2.24, 2.45) is 0 Å². The van der Waals surface area contributed by atoms with Crippen molar-refractivity contribution in [2.75, 3.05) is 0 Å². The van der Waals surface area contributed by atoms with Crippen LogP contribution in [0.3, 0.4) is 0 Å². The maximum atomic E-state index is 10.4. The SMILES string of the molecule is CC(Cc1cccc2ccccc12)NC=O. The molecule has 0 aliphatic heterocycles. The number of benzene rings is 2. The third-order valence-corrected chi connectivity index (χ3v) is 2.76. The quantitative estimate of drug-likeness (QED) is 0.777. The highest BCUT2D eigenvalue weighted by Gasteiger charge is 2.04. The van der Waals surface area contributed by atoms with E-state index >= 15 is 0 Å². The van der Waals surface area contributed by atoms with Crippen LogP contribution in [0.15, 0.2) is 42.5 Å². The molecule has 2 rings (SSSR count). The Balaban J connectivity index is 2.33. The minimum atomic E-state index is 0.170. The van der Waals surface area contributed by atoms with Crippen molar-refractivity contribution in [1.29, 1.82) is 0 Å². The molecule has 0 heterocycles. The Kier molecular flexibility index (Phi) is 3.20. The van der Waals surface area contributed by atoms with E-state index in [2.05, 4.69) is 35.6 Å². The maximum absolute atomic E-state index is 10.4. The molecule has 2 aromatic rings. The van der Waals surface area contributed by atoms with Gasteiger partial charge in [0.25, 0.3) is 0 Å². The van der Waals surface area contributed by atoms with Gasteiger partial charge in [0, 0.05) is 6.04 Å². The minimum Gasteiger partial charge on any atom is -0.356 e. The number of amides is 1. The molecule has 0 aliphatic rings. The highest BCUT2D eigenvalue weighted by Crippen LogP contribution is 2.19. The third-order valence-electron chi connectivity index (χ3n) is 2.76. The molecule has 1 unspecified atom stereocenters. The lowest BCUT2D eigenvalue weighted by atomic mass is 9.99. The predicted molar refractivity (Wildman–Crippen MR) is 66.3 cm³/mol. The molecule has 2 nitrogen and oxygen atoms in total. The van der Waals surface area contributed by atoms with Gasteiger partial charge >= 0.3 is 0 Å². The molecule has 82 valence electrons. The Bertz CT molecular complexity index is 488. The molecule has 2 heteroatoms. The van der Waals surface area contributed by atoms with Crippen molar-refractivity contribution >= 4 is 17.2 Å². The zero-order valence-corrected chi connectivity index (χ0v) is 9.31. The van der Waals surface area contributed by atoms with Gasteiger partial charge in [-0.2, -0.15) is 0 Å². The smallest absolute Gasteiger partial charge is 0.207 e. The summed E-state index contributed by atoms with van der Waals surface area (Å²) in [5.74, 6) is 0. The van der Waals surface area contributed by atoms with E-state index in [1.165, 1.54) is 16.3 Å². The van der Waals surface area contributed by atoms with Crippen LogP contribution < -0.4 is 5.32 Å². The Morgan fingerprint density at radius 1 is 1.19 bits per heavy atom. The average molecular weight is 213 g/mol. The van der Waals surface area contributed by atoms with Crippen LogP contribution in [0, 0.1) is 0 Å². The number of nitrogens with one attached hydrogen (secondary N) is 1. The minimum absolute atomic E-state index is 0.170. The van der Waals surface area contributed by atoms with Gasteiger partial charge in [-0.1, -0.05) is 42.5 Å². The standard InChI is InChI=1S/C14H15NO/c1-11(15-10-16)9-13-7-4-6-12-5-2-3-8-14(12)13/h2-8,10-11H,9H2,1H3,(H,15,16). The lowest BCUT2D eigenvalue weighted by Crippen LogP contribution is -2.26. The predicted octanol–water partition coefficient (Wildman–Crippen LogP) is 2.52. The summed E-state index contributed by atoms with van der Waals surface area (Å²) in [6.07, 6.45) is 1.62. The largest absolute Gasteiger partial charge is 0.356 e. The molecular formula is C14H15NO. The molecular weight excluding hydrogens is 198 g/mol. The highest BCUT2D eigenvalue weighted by atomic mass is 16.1. The summed E-state index contributed by atoms with van der Waals surface area (Å²) in [5, 5.41) is 5.29. The van der Waals surface area contributed by atoms with Crippen molar-refractivity contribution in [3.05, 3.63) is 48.0 Å². The summed E-state index contributed by atoms with van der Waals surface area (Å²) in [6, 6.07) is 14.8. The number of hydrogen-bond donors (Lipinski definition) is 1. The summed E-state index contributed by atoms with van der Waals surface area (Å²) in [6.45, 7) is 2.01.